The summed E-state index contributed by atoms with van der Waals surface area (Å²) < 4.78 is 2.13. The lowest BCUT2D eigenvalue weighted by molar-refractivity contribution is 1.67. The van der Waals surface area contributed by atoms with E-state index in [2.05, 4.69) is 42.1 Å². The summed E-state index contributed by atoms with van der Waals surface area (Å²) in [6.07, 6.45) is 0. The van der Waals surface area contributed by atoms with E-state index in [9.17, 15) is 0 Å². The zero-order valence-electron chi connectivity index (χ0n) is 4.49. The van der Waals surface area contributed by atoms with E-state index >= 15 is 0 Å². The van der Waals surface area contributed by atoms with E-state index in [-0.39, 0.29) is 0 Å². The van der Waals surface area contributed by atoms with Gasteiger partial charge in [-0.1, -0.05) is 37.9 Å². The van der Waals surface area contributed by atoms with Crippen molar-refractivity contribution in [3.8, 4) is 0 Å². The lowest BCUT2D eigenvalue weighted by Crippen LogP contribution is -2.04. The zero-order chi connectivity index (χ0) is 6.85. The maximum atomic E-state index is 3.43. The van der Waals surface area contributed by atoms with Crippen molar-refractivity contribution in [1.82, 2.24) is 0 Å². The van der Waals surface area contributed by atoms with Crippen molar-refractivity contribution < 1.29 is 0 Å². The van der Waals surface area contributed by atoms with Crippen LogP contribution in [0.4, 0.5) is 0 Å². The molecule has 3 radical (unpaired) electrons. The highest BCUT2D eigenvalue weighted by atomic mass is 79.9. The van der Waals surface area contributed by atoms with E-state index in [1.54, 1.807) is 0 Å². The highest BCUT2D eigenvalue weighted by molar-refractivity contribution is 9.11. The summed E-state index contributed by atoms with van der Waals surface area (Å²) >= 11 is 6.73. The van der Waals surface area contributed by atoms with Gasteiger partial charge < -0.3 is 0 Å². The average Bonchev–Trinajstić information content (AvgIpc) is 1.83. The molecular formula is C6H3Br2Si. The Balaban J connectivity index is 3.25. The fraction of sp³-hybridized carbons (Fsp3) is 0. The summed E-state index contributed by atoms with van der Waals surface area (Å²) in [7, 11) is 3.43. The second-order valence-electron chi connectivity index (χ2n) is 1.60. The first-order valence-corrected chi connectivity index (χ1v) is 4.46. The molecule has 0 aliphatic rings. The Kier molecular flexibility index (Phi) is 2.49. The van der Waals surface area contributed by atoms with Crippen LogP contribution >= 0.6 is 31.9 Å². The minimum absolute atomic E-state index is 1.05. The molecule has 0 amide bonds. The molecule has 1 rings (SSSR count). The van der Waals surface area contributed by atoms with Gasteiger partial charge in [-0.3, -0.25) is 0 Å². The van der Waals surface area contributed by atoms with Crippen LogP contribution in [0.15, 0.2) is 27.1 Å². The molecule has 9 heavy (non-hydrogen) atoms. The van der Waals surface area contributed by atoms with Crippen molar-refractivity contribution in [2.24, 2.45) is 0 Å². The van der Waals surface area contributed by atoms with Gasteiger partial charge in [-0.15, -0.1) is 0 Å². The Labute approximate surface area is 74.3 Å². The van der Waals surface area contributed by atoms with Crippen LogP contribution in [-0.4, -0.2) is 10.2 Å². The number of hydrogen-bond acceptors (Lipinski definition) is 0. The van der Waals surface area contributed by atoms with Gasteiger partial charge in [0.05, 0.1) is 10.2 Å². The first kappa shape index (κ1) is 7.50. The third-order valence-corrected chi connectivity index (χ3v) is 3.56. The molecule has 0 N–H and O–H groups in total. The summed E-state index contributed by atoms with van der Waals surface area (Å²) in [5.41, 5.74) is 0. The Morgan fingerprint density at radius 3 is 1.89 bits per heavy atom. The third kappa shape index (κ3) is 1.66. The molecule has 0 atom stereocenters. The fourth-order valence-electron chi connectivity index (χ4n) is 0.498. The van der Waals surface area contributed by atoms with Crippen LogP contribution in [0.1, 0.15) is 0 Å². The highest BCUT2D eigenvalue weighted by Gasteiger charge is 1.95. The predicted molar refractivity (Wildman–Crippen MR) is 47.2 cm³/mol. The van der Waals surface area contributed by atoms with Crippen molar-refractivity contribution in [2.45, 2.75) is 0 Å². The smallest absolute Gasteiger partial charge is 0.0600 e. The first-order valence-electron chi connectivity index (χ1n) is 2.37. The molecule has 0 saturated heterocycles. The van der Waals surface area contributed by atoms with Crippen LogP contribution in [0.5, 0.6) is 0 Å². The summed E-state index contributed by atoms with van der Waals surface area (Å²) in [6.45, 7) is 0. The van der Waals surface area contributed by atoms with Gasteiger partial charge in [0.1, 0.15) is 0 Å². The van der Waals surface area contributed by atoms with Crippen LogP contribution < -0.4 is 5.19 Å². The van der Waals surface area contributed by atoms with Crippen molar-refractivity contribution in [2.75, 3.05) is 0 Å². The number of benzene rings is 1. The largest absolute Gasteiger partial charge is 0.0743 e. The van der Waals surface area contributed by atoms with Gasteiger partial charge in [-0.2, -0.15) is 0 Å². The van der Waals surface area contributed by atoms with Crippen LogP contribution in [0.3, 0.4) is 0 Å². The molecule has 0 bridgehead atoms. The number of rotatable bonds is 0. The Hall–Kier alpha value is 0.397. The van der Waals surface area contributed by atoms with E-state index in [4.69, 9.17) is 0 Å². The molecule has 0 aliphatic heterocycles. The molecule has 0 nitrogen and oxygen atoms in total. The topological polar surface area (TPSA) is 0 Å². The van der Waals surface area contributed by atoms with Crippen molar-refractivity contribution in [1.29, 1.82) is 0 Å². The van der Waals surface area contributed by atoms with Gasteiger partial charge in [0.25, 0.3) is 0 Å². The van der Waals surface area contributed by atoms with Gasteiger partial charge >= 0.3 is 0 Å². The molecule has 1 aromatic rings. The second-order valence-corrected chi connectivity index (χ2v) is 3.81. The Morgan fingerprint density at radius 1 is 1.11 bits per heavy atom. The number of hydrogen-bond donors (Lipinski definition) is 0. The molecule has 0 heterocycles. The van der Waals surface area contributed by atoms with E-state index in [1.807, 2.05) is 18.2 Å². The quantitative estimate of drug-likeness (QED) is 0.628. The molecule has 3 heteroatoms. The van der Waals surface area contributed by atoms with Crippen LogP contribution in [0, 0.1) is 0 Å². The van der Waals surface area contributed by atoms with Gasteiger partial charge in [0, 0.05) is 8.95 Å². The van der Waals surface area contributed by atoms with E-state index in [0.29, 0.717) is 0 Å². The Morgan fingerprint density at radius 2 is 1.56 bits per heavy atom. The normalized spacial score (nSPS) is 9.67. The van der Waals surface area contributed by atoms with Gasteiger partial charge in [0.15, 0.2) is 0 Å². The second kappa shape index (κ2) is 2.99. The van der Waals surface area contributed by atoms with E-state index in [0.717, 1.165) is 14.1 Å². The fourth-order valence-corrected chi connectivity index (χ4v) is 1.66. The molecule has 0 aliphatic carbocycles. The van der Waals surface area contributed by atoms with Crippen LogP contribution in [-0.2, 0) is 0 Å². The molecule has 0 fully saturated rings. The minimum Gasteiger partial charge on any atom is -0.0600 e. The first-order chi connectivity index (χ1) is 4.22. The van der Waals surface area contributed by atoms with E-state index in [1.165, 1.54) is 0 Å². The maximum Gasteiger partial charge on any atom is 0.0743 e. The number of halogens is 2. The SMILES string of the molecule is [Si]c1c(Br)cccc1Br. The molecule has 0 unspecified atom stereocenters. The lowest BCUT2D eigenvalue weighted by atomic mass is 10.4. The molecule has 1 aromatic carbocycles. The molecular weight excluding hydrogens is 260 g/mol. The monoisotopic (exact) mass is 261 g/mol. The van der Waals surface area contributed by atoms with Crippen molar-refractivity contribution >= 4 is 47.3 Å². The molecule has 45 valence electrons. The maximum absolute atomic E-state index is 3.43. The lowest BCUT2D eigenvalue weighted by Gasteiger charge is -1.97. The summed E-state index contributed by atoms with van der Waals surface area (Å²) in [4.78, 5) is 0. The van der Waals surface area contributed by atoms with Gasteiger partial charge in [-0.25, -0.2) is 0 Å². The average molecular weight is 263 g/mol. The van der Waals surface area contributed by atoms with Crippen molar-refractivity contribution in [3.63, 3.8) is 0 Å². The highest BCUT2D eigenvalue weighted by Crippen LogP contribution is 2.11. The van der Waals surface area contributed by atoms with Gasteiger partial charge in [-0.05, 0) is 17.3 Å². The molecule has 0 saturated carbocycles. The molecule has 0 aromatic heterocycles. The van der Waals surface area contributed by atoms with Gasteiger partial charge in [0.2, 0.25) is 0 Å². The predicted octanol–water partition coefficient (Wildman–Crippen LogP) is 2.01. The van der Waals surface area contributed by atoms with Crippen LogP contribution in [0.25, 0.3) is 0 Å². The third-order valence-electron chi connectivity index (χ3n) is 0.963. The summed E-state index contributed by atoms with van der Waals surface area (Å²) in [6, 6.07) is 5.93. The summed E-state index contributed by atoms with van der Waals surface area (Å²) in [5, 5.41) is 1.05. The summed E-state index contributed by atoms with van der Waals surface area (Å²) in [5.74, 6) is 0. The van der Waals surface area contributed by atoms with Crippen molar-refractivity contribution in [3.05, 3.63) is 27.1 Å². The zero-order valence-corrected chi connectivity index (χ0v) is 8.66. The van der Waals surface area contributed by atoms with Crippen LogP contribution in [0.2, 0.25) is 0 Å². The standard InChI is InChI=1S/C6H3Br2Si/c7-4-2-1-3-5(8)6(4)9/h1-3H. The molecule has 0 spiro atoms. The van der Waals surface area contributed by atoms with E-state index < -0.39 is 0 Å². The minimum atomic E-state index is 1.05. The Bertz CT molecular complexity index is 202.